The van der Waals surface area contributed by atoms with E-state index in [1.165, 1.54) is 12.1 Å². The molecule has 1 amide bonds. The van der Waals surface area contributed by atoms with Crippen molar-refractivity contribution in [2.24, 2.45) is 11.5 Å². The minimum absolute atomic E-state index is 0.107. The summed E-state index contributed by atoms with van der Waals surface area (Å²) >= 11 is 1.63. The van der Waals surface area contributed by atoms with Crippen molar-refractivity contribution in [2.45, 2.75) is 16.5 Å². The van der Waals surface area contributed by atoms with Crippen LogP contribution in [0.3, 0.4) is 0 Å². The Morgan fingerprint density at radius 3 is 2.50 bits per heavy atom. The quantitative estimate of drug-likeness (QED) is 0.794. The van der Waals surface area contributed by atoms with Crippen molar-refractivity contribution in [3.05, 3.63) is 34.9 Å². The van der Waals surface area contributed by atoms with Crippen LogP contribution in [0.1, 0.15) is 15.9 Å². The summed E-state index contributed by atoms with van der Waals surface area (Å²) < 4.78 is 27.6. The molecule has 2 rings (SSSR count). The van der Waals surface area contributed by atoms with Gasteiger partial charge in [0, 0.05) is 11.8 Å². The molecule has 1 aromatic rings. The molecule has 1 aliphatic rings. The van der Waals surface area contributed by atoms with Crippen LogP contribution in [0.25, 0.3) is 0 Å². The molecule has 4 nitrogen and oxygen atoms in total. The van der Waals surface area contributed by atoms with Crippen molar-refractivity contribution in [2.75, 3.05) is 20.6 Å². The summed E-state index contributed by atoms with van der Waals surface area (Å²) in [6.45, 7) is 0.443. The molecule has 2 atom stereocenters. The smallest absolute Gasteiger partial charge is 0.251 e. The molecule has 1 fully saturated rings. The van der Waals surface area contributed by atoms with Gasteiger partial charge < -0.3 is 11.5 Å². The van der Waals surface area contributed by atoms with Crippen LogP contribution < -0.4 is 11.5 Å². The largest absolute Gasteiger partial charge is 0.366 e. The van der Waals surface area contributed by atoms with Crippen molar-refractivity contribution < 1.29 is 13.6 Å². The molecule has 110 valence electrons. The van der Waals surface area contributed by atoms with E-state index in [9.17, 15) is 13.6 Å². The van der Waals surface area contributed by atoms with E-state index in [0.29, 0.717) is 13.0 Å². The summed E-state index contributed by atoms with van der Waals surface area (Å²) in [5.41, 5.74) is 10.5. The van der Waals surface area contributed by atoms with Gasteiger partial charge in [-0.25, -0.2) is 8.78 Å². The molecule has 0 aromatic heterocycles. The molecule has 0 spiro atoms. The maximum atomic E-state index is 13.9. The summed E-state index contributed by atoms with van der Waals surface area (Å²) in [5, 5.41) is 0.107. The Bertz CT molecular complexity index is 553. The van der Waals surface area contributed by atoms with Crippen LogP contribution in [0.5, 0.6) is 0 Å². The summed E-state index contributed by atoms with van der Waals surface area (Å²) in [7, 11) is 3.82. The fourth-order valence-electron chi connectivity index (χ4n) is 2.31. The molecule has 0 radical (unpaired) electrons. The first kappa shape index (κ1) is 15.2. The molecule has 1 heterocycles. The zero-order valence-electron chi connectivity index (χ0n) is 11.3. The molecule has 1 unspecified atom stereocenters. The molecule has 20 heavy (non-hydrogen) atoms. The number of halogens is 2. The van der Waals surface area contributed by atoms with Gasteiger partial charge in [-0.15, -0.1) is 11.8 Å². The number of hydrogen-bond donors (Lipinski definition) is 2. The van der Waals surface area contributed by atoms with Crippen LogP contribution >= 0.6 is 11.8 Å². The second-order valence-electron chi connectivity index (χ2n) is 5.02. The van der Waals surface area contributed by atoms with Crippen LogP contribution in [0.4, 0.5) is 8.78 Å². The fourth-order valence-corrected chi connectivity index (χ4v) is 3.69. The topological polar surface area (TPSA) is 72.3 Å². The number of thioether (sulfide) groups is 1. The number of nitrogens with two attached hydrogens (primary N) is 2. The van der Waals surface area contributed by atoms with E-state index in [-0.39, 0.29) is 15.7 Å². The SMILES string of the molecule is CN(C)[C@]1(CN)SC1Cc1ccc(C(N)=O)c(F)c1F. The van der Waals surface area contributed by atoms with Gasteiger partial charge in [-0.1, -0.05) is 6.07 Å². The summed E-state index contributed by atoms with van der Waals surface area (Å²) in [6.07, 6.45) is 0.363. The van der Waals surface area contributed by atoms with Gasteiger partial charge in [0.25, 0.3) is 5.91 Å². The normalized spacial score (nSPS) is 25.0. The molecule has 0 bridgehead atoms. The number of amides is 1. The Labute approximate surface area is 120 Å². The summed E-state index contributed by atoms with van der Waals surface area (Å²) in [6, 6.07) is 2.64. The van der Waals surface area contributed by atoms with Crippen molar-refractivity contribution in [1.29, 1.82) is 0 Å². The monoisotopic (exact) mass is 301 g/mol. The minimum Gasteiger partial charge on any atom is -0.366 e. The highest BCUT2D eigenvalue weighted by Crippen LogP contribution is 2.55. The van der Waals surface area contributed by atoms with E-state index in [1.807, 2.05) is 19.0 Å². The molecular weight excluding hydrogens is 284 g/mol. The number of benzene rings is 1. The van der Waals surface area contributed by atoms with Gasteiger partial charge in [-0.3, -0.25) is 9.69 Å². The van der Waals surface area contributed by atoms with Crippen LogP contribution in [0.15, 0.2) is 12.1 Å². The first-order valence-corrected chi connectivity index (χ1v) is 7.03. The van der Waals surface area contributed by atoms with E-state index in [0.717, 1.165) is 0 Å². The van der Waals surface area contributed by atoms with E-state index in [1.54, 1.807) is 11.8 Å². The van der Waals surface area contributed by atoms with Gasteiger partial charge >= 0.3 is 0 Å². The number of likely N-dealkylation sites (N-methyl/N-ethyl adjacent to an activating group) is 1. The minimum atomic E-state index is -1.18. The number of carbonyl (C=O) groups excluding carboxylic acids is 1. The molecule has 0 saturated carbocycles. The van der Waals surface area contributed by atoms with Crippen molar-refractivity contribution in [1.82, 2.24) is 4.90 Å². The predicted octanol–water partition coefficient (Wildman–Crippen LogP) is 0.938. The first-order chi connectivity index (χ1) is 9.33. The van der Waals surface area contributed by atoms with Crippen LogP contribution in [0, 0.1) is 11.6 Å². The van der Waals surface area contributed by atoms with Gasteiger partial charge in [0.1, 0.15) is 0 Å². The Hall–Kier alpha value is -1.18. The summed E-state index contributed by atoms with van der Waals surface area (Å²) in [5.74, 6) is -3.15. The lowest BCUT2D eigenvalue weighted by molar-refractivity contribution is 0.0995. The third-order valence-corrected chi connectivity index (χ3v) is 5.49. The fraction of sp³-hybridized carbons (Fsp3) is 0.462. The van der Waals surface area contributed by atoms with Gasteiger partial charge in [0.15, 0.2) is 11.6 Å². The molecule has 0 aliphatic carbocycles. The third-order valence-electron chi connectivity index (χ3n) is 3.67. The Kier molecular flexibility index (Phi) is 4.04. The average molecular weight is 301 g/mol. The lowest BCUT2D eigenvalue weighted by Gasteiger charge is -2.21. The number of hydrogen-bond acceptors (Lipinski definition) is 4. The van der Waals surface area contributed by atoms with Crippen molar-refractivity contribution >= 4 is 17.7 Å². The van der Waals surface area contributed by atoms with E-state index < -0.39 is 23.1 Å². The Morgan fingerprint density at radius 1 is 1.40 bits per heavy atom. The molecule has 1 aliphatic heterocycles. The number of primary amides is 1. The second-order valence-corrected chi connectivity index (χ2v) is 6.53. The highest BCUT2D eigenvalue weighted by Gasteiger charge is 2.56. The average Bonchev–Trinajstić information content (AvgIpc) is 3.09. The van der Waals surface area contributed by atoms with Gasteiger partial charge in [-0.2, -0.15) is 0 Å². The zero-order valence-corrected chi connectivity index (χ0v) is 12.1. The lowest BCUT2D eigenvalue weighted by atomic mass is 10.0. The maximum absolute atomic E-state index is 13.9. The maximum Gasteiger partial charge on any atom is 0.251 e. The van der Waals surface area contributed by atoms with E-state index in [2.05, 4.69) is 0 Å². The highest BCUT2D eigenvalue weighted by atomic mass is 32.2. The second kappa shape index (κ2) is 5.31. The Balaban J connectivity index is 2.21. The van der Waals surface area contributed by atoms with Gasteiger partial charge in [-0.05, 0) is 32.1 Å². The van der Waals surface area contributed by atoms with Gasteiger partial charge in [0.05, 0.1) is 10.4 Å². The highest BCUT2D eigenvalue weighted by molar-refractivity contribution is 8.08. The van der Waals surface area contributed by atoms with Crippen molar-refractivity contribution in [3.63, 3.8) is 0 Å². The van der Waals surface area contributed by atoms with Crippen molar-refractivity contribution in [3.8, 4) is 0 Å². The number of carbonyl (C=O) groups is 1. The summed E-state index contributed by atoms with van der Waals surface area (Å²) in [4.78, 5) is 12.7. The number of nitrogens with zero attached hydrogens (tertiary/aromatic N) is 1. The lowest BCUT2D eigenvalue weighted by Crippen LogP contribution is -2.40. The number of rotatable bonds is 5. The molecule has 1 aromatic carbocycles. The third kappa shape index (κ3) is 2.41. The zero-order chi connectivity index (χ0) is 15.1. The predicted molar refractivity (Wildman–Crippen MR) is 75.4 cm³/mol. The van der Waals surface area contributed by atoms with Crippen LogP contribution in [-0.4, -0.2) is 41.6 Å². The molecular formula is C13H17F2N3OS. The molecule has 4 N–H and O–H groups in total. The molecule has 7 heteroatoms. The van der Waals surface area contributed by atoms with E-state index >= 15 is 0 Å². The van der Waals surface area contributed by atoms with Crippen LogP contribution in [0.2, 0.25) is 0 Å². The Morgan fingerprint density at radius 2 is 2.05 bits per heavy atom. The molecule has 1 saturated heterocycles. The van der Waals surface area contributed by atoms with Gasteiger partial charge in [0.2, 0.25) is 0 Å². The van der Waals surface area contributed by atoms with E-state index in [4.69, 9.17) is 11.5 Å². The standard InChI is InChI=1S/C13H17F2N3OS/c1-18(2)13(6-16)9(20-13)5-7-3-4-8(12(17)19)11(15)10(7)14/h3-4,9H,5-6,16H2,1-2H3,(H2,17,19)/t9?,13-/m1/s1. The van der Waals surface area contributed by atoms with Crippen LogP contribution in [-0.2, 0) is 6.42 Å². The first-order valence-electron chi connectivity index (χ1n) is 6.15.